The maximum Gasteiger partial charge on any atom is 0.310 e. The fraction of sp³-hybridized carbons (Fsp3) is 0.353. The van der Waals surface area contributed by atoms with Crippen LogP contribution in [0.4, 0.5) is 5.69 Å². The molecule has 1 N–H and O–H groups in total. The SMILES string of the molecule is Cc1cc(C)c(NC(=O)COC(=O)Cc2c(C)noc2C)c(Cl)c1. The van der Waals surface area contributed by atoms with Crippen LogP contribution in [0, 0.1) is 27.7 Å². The number of esters is 1. The fourth-order valence-corrected chi connectivity index (χ4v) is 2.71. The highest BCUT2D eigenvalue weighted by Crippen LogP contribution is 2.27. The first kappa shape index (κ1) is 18.0. The van der Waals surface area contributed by atoms with Crippen molar-refractivity contribution in [2.75, 3.05) is 11.9 Å². The lowest BCUT2D eigenvalue weighted by atomic mass is 10.1. The summed E-state index contributed by atoms with van der Waals surface area (Å²) in [5.74, 6) is -0.404. The quantitative estimate of drug-likeness (QED) is 0.837. The van der Waals surface area contributed by atoms with E-state index in [2.05, 4.69) is 10.5 Å². The zero-order chi connectivity index (χ0) is 17.9. The molecule has 0 saturated carbocycles. The molecule has 0 aliphatic rings. The van der Waals surface area contributed by atoms with Gasteiger partial charge in [0.1, 0.15) is 5.76 Å². The minimum atomic E-state index is -0.522. The third-order valence-corrected chi connectivity index (χ3v) is 3.86. The zero-order valence-electron chi connectivity index (χ0n) is 14.0. The molecule has 1 aromatic heterocycles. The van der Waals surface area contributed by atoms with Gasteiger partial charge in [-0.25, -0.2) is 0 Å². The molecule has 0 radical (unpaired) electrons. The van der Waals surface area contributed by atoms with Crippen molar-refractivity contribution in [3.05, 3.63) is 45.3 Å². The summed E-state index contributed by atoms with van der Waals surface area (Å²) >= 11 is 6.13. The van der Waals surface area contributed by atoms with Gasteiger partial charge in [0.05, 0.1) is 22.8 Å². The van der Waals surface area contributed by atoms with Crippen LogP contribution >= 0.6 is 11.6 Å². The highest BCUT2D eigenvalue weighted by molar-refractivity contribution is 6.34. The lowest BCUT2D eigenvalue weighted by Gasteiger charge is -2.11. The van der Waals surface area contributed by atoms with Gasteiger partial charge in [0, 0.05) is 5.56 Å². The van der Waals surface area contributed by atoms with Crippen molar-refractivity contribution in [1.82, 2.24) is 5.16 Å². The average molecular weight is 351 g/mol. The Hall–Kier alpha value is -2.34. The van der Waals surface area contributed by atoms with Crippen molar-refractivity contribution < 1.29 is 18.8 Å². The molecule has 0 unspecified atom stereocenters. The standard InChI is InChI=1S/C17H19ClN2O4/c1-9-5-10(2)17(14(18)6-9)19-15(21)8-23-16(22)7-13-11(3)20-24-12(13)4/h5-6H,7-8H2,1-4H3,(H,19,21). The Bertz CT molecular complexity index is 740. The number of carbonyl (C=O) groups is 2. The molecule has 2 rings (SSSR count). The smallest absolute Gasteiger partial charge is 0.310 e. The summed E-state index contributed by atoms with van der Waals surface area (Å²) in [6.07, 6.45) is 0.0127. The van der Waals surface area contributed by atoms with Crippen LogP contribution in [-0.2, 0) is 20.7 Å². The number of rotatable bonds is 5. The molecule has 24 heavy (non-hydrogen) atoms. The van der Waals surface area contributed by atoms with E-state index >= 15 is 0 Å². The summed E-state index contributed by atoms with van der Waals surface area (Å²) in [6.45, 7) is 6.84. The Morgan fingerprint density at radius 1 is 1.25 bits per heavy atom. The van der Waals surface area contributed by atoms with Crippen LogP contribution in [-0.4, -0.2) is 23.6 Å². The molecule has 0 atom stereocenters. The summed E-state index contributed by atoms with van der Waals surface area (Å²) in [4.78, 5) is 23.8. The number of nitrogens with one attached hydrogen (secondary N) is 1. The molecule has 6 nitrogen and oxygen atoms in total. The molecule has 7 heteroatoms. The van der Waals surface area contributed by atoms with Crippen molar-refractivity contribution in [2.45, 2.75) is 34.1 Å². The summed E-state index contributed by atoms with van der Waals surface area (Å²) in [7, 11) is 0. The van der Waals surface area contributed by atoms with Gasteiger partial charge in [-0.1, -0.05) is 22.8 Å². The van der Waals surface area contributed by atoms with E-state index in [-0.39, 0.29) is 13.0 Å². The Morgan fingerprint density at radius 2 is 1.96 bits per heavy atom. The van der Waals surface area contributed by atoms with Gasteiger partial charge in [0.2, 0.25) is 0 Å². The summed E-state index contributed by atoms with van der Waals surface area (Å²) in [6, 6.07) is 3.67. The van der Waals surface area contributed by atoms with Crippen LogP contribution < -0.4 is 5.32 Å². The number of anilines is 1. The molecule has 2 aromatic rings. The Morgan fingerprint density at radius 3 is 2.54 bits per heavy atom. The van der Waals surface area contributed by atoms with Gasteiger partial charge in [0.25, 0.3) is 5.91 Å². The average Bonchev–Trinajstić information content (AvgIpc) is 2.80. The number of aromatic nitrogens is 1. The Kier molecular flexibility index (Phi) is 5.62. The van der Waals surface area contributed by atoms with E-state index in [1.54, 1.807) is 19.9 Å². The van der Waals surface area contributed by atoms with Crippen molar-refractivity contribution in [2.24, 2.45) is 0 Å². The van der Waals surface area contributed by atoms with E-state index in [1.807, 2.05) is 19.9 Å². The molecule has 0 fully saturated rings. The van der Waals surface area contributed by atoms with Gasteiger partial charge in [-0.15, -0.1) is 0 Å². The molecule has 128 valence electrons. The second kappa shape index (κ2) is 7.49. The van der Waals surface area contributed by atoms with Crippen molar-refractivity contribution in [3.63, 3.8) is 0 Å². The van der Waals surface area contributed by atoms with E-state index in [1.165, 1.54) is 0 Å². The lowest BCUT2D eigenvalue weighted by molar-refractivity contribution is -0.146. The largest absolute Gasteiger partial charge is 0.455 e. The molecule has 0 bridgehead atoms. The number of nitrogens with zero attached hydrogens (tertiary/aromatic N) is 1. The first-order valence-electron chi connectivity index (χ1n) is 7.42. The maximum absolute atomic E-state index is 12.0. The third kappa shape index (κ3) is 4.35. The van der Waals surface area contributed by atoms with Gasteiger partial charge in [0.15, 0.2) is 6.61 Å². The first-order valence-corrected chi connectivity index (χ1v) is 7.79. The van der Waals surface area contributed by atoms with Crippen molar-refractivity contribution in [3.8, 4) is 0 Å². The highest BCUT2D eigenvalue weighted by Gasteiger charge is 2.16. The monoisotopic (exact) mass is 350 g/mol. The Labute approximate surface area is 145 Å². The van der Waals surface area contributed by atoms with Crippen LogP contribution in [0.3, 0.4) is 0 Å². The normalized spacial score (nSPS) is 10.5. The molecule has 0 aliphatic carbocycles. The van der Waals surface area contributed by atoms with E-state index in [9.17, 15) is 9.59 Å². The zero-order valence-corrected chi connectivity index (χ0v) is 14.8. The minimum absolute atomic E-state index is 0.0127. The number of benzene rings is 1. The minimum Gasteiger partial charge on any atom is -0.455 e. The number of halogens is 1. The van der Waals surface area contributed by atoms with E-state index in [0.717, 1.165) is 11.1 Å². The van der Waals surface area contributed by atoms with Crippen LogP contribution in [0.15, 0.2) is 16.7 Å². The van der Waals surface area contributed by atoms with Crippen molar-refractivity contribution in [1.29, 1.82) is 0 Å². The van der Waals surface area contributed by atoms with E-state index in [0.29, 0.717) is 27.7 Å². The number of ether oxygens (including phenoxy) is 1. The second-order valence-electron chi connectivity index (χ2n) is 5.63. The van der Waals surface area contributed by atoms with E-state index < -0.39 is 11.9 Å². The van der Waals surface area contributed by atoms with E-state index in [4.69, 9.17) is 20.9 Å². The Balaban J connectivity index is 1.91. The molecular formula is C17H19ClN2O4. The number of aryl methyl sites for hydroxylation is 4. The molecule has 1 aromatic carbocycles. The van der Waals surface area contributed by atoms with Crippen LogP contribution in [0.5, 0.6) is 0 Å². The fourth-order valence-electron chi connectivity index (χ4n) is 2.35. The second-order valence-corrected chi connectivity index (χ2v) is 6.03. The number of carbonyl (C=O) groups excluding carboxylic acids is 2. The first-order chi connectivity index (χ1) is 11.3. The molecular weight excluding hydrogens is 332 g/mol. The molecule has 1 heterocycles. The number of hydrogen-bond donors (Lipinski definition) is 1. The number of amides is 1. The summed E-state index contributed by atoms with van der Waals surface area (Å²) in [5, 5.41) is 6.88. The van der Waals surface area contributed by atoms with Crippen molar-refractivity contribution >= 4 is 29.2 Å². The van der Waals surface area contributed by atoms with Crippen LogP contribution in [0.25, 0.3) is 0 Å². The molecule has 0 saturated heterocycles. The summed E-state index contributed by atoms with van der Waals surface area (Å²) in [5.41, 5.74) is 3.68. The van der Waals surface area contributed by atoms with Crippen LogP contribution in [0.2, 0.25) is 5.02 Å². The number of hydrogen-bond acceptors (Lipinski definition) is 5. The topological polar surface area (TPSA) is 81.4 Å². The molecule has 0 aliphatic heterocycles. The van der Waals surface area contributed by atoms with Crippen LogP contribution in [0.1, 0.15) is 28.1 Å². The van der Waals surface area contributed by atoms with Gasteiger partial charge in [-0.05, 0) is 44.9 Å². The molecule has 1 amide bonds. The predicted molar refractivity (Wildman–Crippen MR) is 90.2 cm³/mol. The highest BCUT2D eigenvalue weighted by atomic mass is 35.5. The van der Waals surface area contributed by atoms with Gasteiger partial charge in [-0.3, -0.25) is 9.59 Å². The lowest BCUT2D eigenvalue weighted by Crippen LogP contribution is -2.22. The van der Waals surface area contributed by atoms with Gasteiger partial charge < -0.3 is 14.6 Å². The van der Waals surface area contributed by atoms with Gasteiger partial charge in [-0.2, -0.15) is 0 Å². The third-order valence-electron chi connectivity index (χ3n) is 3.56. The predicted octanol–water partition coefficient (Wildman–Crippen LogP) is 3.29. The maximum atomic E-state index is 12.0. The summed E-state index contributed by atoms with van der Waals surface area (Å²) < 4.78 is 9.98. The molecule has 0 spiro atoms. The van der Waals surface area contributed by atoms with Gasteiger partial charge >= 0.3 is 5.97 Å².